The van der Waals surface area contributed by atoms with Crippen LogP contribution < -0.4 is 16.0 Å². The van der Waals surface area contributed by atoms with Gasteiger partial charge in [0, 0.05) is 6.54 Å². The Morgan fingerprint density at radius 2 is 1.75 bits per heavy atom. The lowest BCUT2D eigenvalue weighted by Crippen LogP contribution is -2.49. The van der Waals surface area contributed by atoms with Crippen molar-refractivity contribution in [2.24, 2.45) is 11.8 Å². The van der Waals surface area contributed by atoms with Crippen molar-refractivity contribution < 1.29 is 19.1 Å². The molecule has 1 aliphatic heterocycles. The van der Waals surface area contributed by atoms with E-state index in [0.717, 1.165) is 6.42 Å². The molecular weight excluding hydrogens is 310 g/mol. The normalized spacial score (nSPS) is 20.6. The first-order chi connectivity index (χ1) is 11.3. The Labute approximate surface area is 144 Å². The van der Waals surface area contributed by atoms with Crippen LogP contribution in [0.1, 0.15) is 47.5 Å². The molecule has 2 amide bonds. The summed E-state index contributed by atoms with van der Waals surface area (Å²) in [6.07, 6.45) is 1.44. The highest BCUT2D eigenvalue weighted by Gasteiger charge is 2.49. The van der Waals surface area contributed by atoms with Crippen LogP contribution in [0.25, 0.3) is 0 Å². The largest absolute Gasteiger partial charge is 0.465 e. The summed E-state index contributed by atoms with van der Waals surface area (Å²) < 4.78 is 4.88. The molecule has 3 N–H and O–H groups in total. The summed E-state index contributed by atoms with van der Waals surface area (Å²) in [4.78, 5) is 36.1. The Balaban J connectivity index is 2.52. The van der Waals surface area contributed by atoms with E-state index in [0.29, 0.717) is 18.9 Å². The number of ether oxygens (including phenoxy) is 1. The van der Waals surface area contributed by atoms with Crippen LogP contribution in [0.5, 0.6) is 0 Å². The maximum Gasteiger partial charge on any atom is 0.325 e. The second kappa shape index (κ2) is 9.61. The van der Waals surface area contributed by atoms with E-state index in [1.165, 1.54) is 0 Å². The van der Waals surface area contributed by atoms with Gasteiger partial charge in [-0.15, -0.1) is 0 Å². The van der Waals surface area contributed by atoms with Crippen LogP contribution in [0.3, 0.4) is 0 Å². The molecule has 7 nitrogen and oxygen atoms in total. The first-order valence-corrected chi connectivity index (χ1v) is 8.77. The van der Waals surface area contributed by atoms with Gasteiger partial charge in [-0.2, -0.15) is 0 Å². The van der Waals surface area contributed by atoms with Crippen molar-refractivity contribution in [1.29, 1.82) is 0 Å². The zero-order chi connectivity index (χ0) is 18.3. The Kier molecular flexibility index (Phi) is 8.18. The van der Waals surface area contributed by atoms with Crippen LogP contribution in [0, 0.1) is 11.8 Å². The van der Waals surface area contributed by atoms with Gasteiger partial charge in [-0.25, -0.2) is 0 Å². The fourth-order valence-electron chi connectivity index (χ4n) is 2.37. The molecule has 1 aliphatic rings. The van der Waals surface area contributed by atoms with E-state index in [9.17, 15) is 14.4 Å². The van der Waals surface area contributed by atoms with Crippen LogP contribution in [0.4, 0.5) is 0 Å². The third kappa shape index (κ3) is 6.86. The van der Waals surface area contributed by atoms with Gasteiger partial charge in [-0.3, -0.25) is 19.7 Å². The van der Waals surface area contributed by atoms with Crippen LogP contribution in [0.15, 0.2) is 0 Å². The lowest BCUT2D eigenvalue weighted by atomic mass is 10.0. The van der Waals surface area contributed by atoms with Gasteiger partial charge >= 0.3 is 5.97 Å². The van der Waals surface area contributed by atoms with Crippen LogP contribution >= 0.6 is 0 Å². The highest BCUT2D eigenvalue weighted by Crippen LogP contribution is 2.14. The fraction of sp³-hybridized carbons (Fsp3) is 0.824. The summed E-state index contributed by atoms with van der Waals surface area (Å²) in [5, 5.41) is 8.42. The highest BCUT2D eigenvalue weighted by atomic mass is 16.5. The fourth-order valence-corrected chi connectivity index (χ4v) is 2.37. The number of carbonyl (C=O) groups is 3. The van der Waals surface area contributed by atoms with Gasteiger partial charge in [0.2, 0.25) is 11.8 Å². The summed E-state index contributed by atoms with van der Waals surface area (Å²) in [7, 11) is 0. The molecule has 0 radical (unpaired) electrons. The van der Waals surface area contributed by atoms with Gasteiger partial charge < -0.3 is 15.4 Å². The van der Waals surface area contributed by atoms with Crippen molar-refractivity contribution in [2.45, 2.75) is 65.6 Å². The van der Waals surface area contributed by atoms with Gasteiger partial charge in [0.1, 0.15) is 18.1 Å². The Hall–Kier alpha value is -1.63. The quantitative estimate of drug-likeness (QED) is 0.398. The van der Waals surface area contributed by atoms with E-state index in [2.05, 4.69) is 29.8 Å². The third-order valence-electron chi connectivity index (χ3n) is 3.77. The number of hydrogen-bond acceptors (Lipinski definition) is 5. The first kappa shape index (κ1) is 20.4. The molecule has 7 heteroatoms. The molecule has 138 valence electrons. The minimum atomic E-state index is -0.609. The Morgan fingerprint density at radius 3 is 2.29 bits per heavy atom. The third-order valence-corrected chi connectivity index (χ3v) is 3.77. The number of nitrogens with one attached hydrogen (secondary N) is 3. The monoisotopic (exact) mass is 341 g/mol. The molecule has 0 spiro atoms. The number of hydrogen-bond donors (Lipinski definition) is 3. The van der Waals surface area contributed by atoms with Gasteiger partial charge in [0.15, 0.2) is 0 Å². The topological polar surface area (TPSA) is 106 Å². The maximum atomic E-state index is 12.3. The van der Waals surface area contributed by atoms with Crippen molar-refractivity contribution in [3.8, 4) is 0 Å². The highest BCUT2D eigenvalue weighted by molar-refractivity contribution is 5.97. The minimum Gasteiger partial charge on any atom is -0.465 e. The predicted octanol–water partition coefficient (Wildman–Crippen LogP) is 0.583. The van der Waals surface area contributed by atoms with E-state index in [1.807, 2.05) is 13.8 Å². The molecule has 0 aliphatic carbocycles. The molecule has 0 aromatic carbocycles. The number of esters is 1. The van der Waals surface area contributed by atoms with Crippen molar-refractivity contribution in [3.05, 3.63) is 0 Å². The molecule has 0 saturated carbocycles. The zero-order valence-electron chi connectivity index (χ0n) is 15.3. The van der Waals surface area contributed by atoms with E-state index in [1.54, 1.807) is 6.92 Å². The van der Waals surface area contributed by atoms with Crippen molar-refractivity contribution in [2.75, 3.05) is 13.2 Å². The summed E-state index contributed by atoms with van der Waals surface area (Å²) in [6, 6.07) is -1.80. The van der Waals surface area contributed by atoms with E-state index < -0.39 is 24.1 Å². The standard InChI is InChI=1S/C17H31N3O4/c1-6-24-17(23)14-13(20-14)16(22)19-12(9-11(4)5)15(21)18-8-7-10(2)3/h10-14,20H,6-9H2,1-5H3,(H,18,21)(H,19,22)/t12-,13+,14+/m0/s1. The summed E-state index contributed by atoms with van der Waals surface area (Å²) >= 11 is 0. The van der Waals surface area contributed by atoms with E-state index in [4.69, 9.17) is 4.74 Å². The van der Waals surface area contributed by atoms with Crippen molar-refractivity contribution in [1.82, 2.24) is 16.0 Å². The van der Waals surface area contributed by atoms with Gasteiger partial charge in [-0.05, 0) is 31.6 Å². The molecule has 1 rings (SSSR count). The second-order valence-corrected chi connectivity index (χ2v) is 7.04. The van der Waals surface area contributed by atoms with Crippen molar-refractivity contribution >= 4 is 17.8 Å². The molecule has 24 heavy (non-hydrogen) atoms. The molecule has 0 unspecified atom stereocenters. The second-order valence-electron chi connectivity index (χ2n) is 7.04. The van der Waals surface area contributed by atoms with Gasteiger partial charge in [0.25, 0.3) is 0 Å². The SMILES string of the molecule is CCOC(=O)[C@@H]1N[C@H]1C(=O)N[C@@H](CC(C)C)C(=O)NCCC(C)C. The summed E-state index contributed by atoms with van der Waals surface area (Å²) in [5.74, 6) is -0.174. The predicted molar refractivity (Wildman–Crippen MR) is 91.2 cm³/mol. The molecule has 0 bridgehead atoms. The zero-order valence-corrected chi connectivity index (χ0v) is 15.3. The smallest absolute Gasteiger partial charge is 0.325 e. The van der Waals surface area contributed by atoms with Crippen LogP contribution in [0.2, 0.25) is 0 Å². The minimum absolute atomic E-state index is 0.175. The van der Waals surface area contributed by atoms with Gasteiger partial charge in [0.05, 0.1) is 6.61 Å². The van der Waals surface area contributed by atoms with Gasteiger partial charge in [-0.1, -0.05) is 27.7 Å². The molecular formula is C17H31N3O4. The number of rotatable bonds is 10. The van der Waals surface area contributed by atoms with Crippen LogP contribution in [-0.2, 0) is 19.1 Å². The van der Waals surface area contributed by atoms with E-state index >= 15 is 0 Å². The molecule has 1 heterocycles. The molecule has 0 aromatic heterocycles. The molecule has 3 atom stereocenters. The lowest BCUT2D eigenvalue weighted by Gasteiger charge is -2.20. The number of amides is 2. The van der Waals surface area contributed by atoms with Crippen molar-refractivity contribution in [3.63, 3.8) is 0 Å². The average molecular weight is 341 g/mol. The molecule has 0 aromatic rings. The first-order valence-electron chi connectivity index (χ1n) is 8.77. The molecule has 1 fully saturated rings. The Bertz CT molecular complexity index is 451. The number of carbonyl (C=O) groups excluding carboxylic acids is 3. The summed E-state index contributed by atoms with van der Waals surface area (Å²) in [6.45, 7) is 10.8. The Morgan fingerprint density at radius 1 is 1.08 bits per heavy atom. The van der Waals surface area contributed by atoms with Crippen LogP contribution in [-0.4, -0.2) is 49.1 Å². The average Bonchev–Trinajstić information content (AvgIpc) is 3.26. The molecule has 1 saturated heterocycles. The van der Waals surface area contributed by atoms with E-state index in [-0.39, 0.29) is 24.3 Å². The summed E-state index contributed by atoms with van der Waals surface area (Å²) in [5.41, 5.74) is 0. The lowest BCUT2D eigenvalue weighted by molar-refractivity contribution is -0.143. The maximum absolute atomic E-state index is 12.3.